The van der Waals surface area contributed by atoms with Crippen LogP contribution in [0.2, 0.25) is 0 Å². The van der Waals surface area contributed by atoms with Crippen molar-refractivity contribution in [2.45, 2.75) is 88.9 Å². The van der Waals surface area contributed by atoms with Crippen molar-refractivity contribution in [1.82, 2.24) is 20.9 Å². The first-order chi connectivity index (χ1) is 28.6. The lowest BCUT2D eigenvalue weighted by Gasteiger charge is -2.35. The van der Waals surface area contributed by atoms with E-state index in [9.17, 15) is 24.3 Å². The van der Waals surface area contributed by atoms with Crippen molar-refractivity contribution in [3.05, 3.63) is 149 Å². The van der Waals surface area contributed by atoms with Crippen LogP contribution in [-0.4, -0.2) is 73.7 Å². The van der Waals surface area contributed by atoms with E-state index in [0.29, 0.717) is 28.7 Å². The minimum absolute atomic E-state index is 0.151. The molecule has 13 heteroatoms. The van der Waals surface area contributed by atoms with Crippen molar-refractivity contribution in [3.8, 4) is 0 Å². The third-order valence-corrected chi connectivity index (χ3v) is 12.6. The van der Waals surface area contributed by atoms with E-state index in [1.165, 1.54) is 11.8 Å². The fraction of sp³-hybridized carbons (Fsp3) is 0.362. The lowest BCUT2D eigenvalue weighted by Crippen LogP contribution is -2.56. The third kappa shape index (κ3) is 12.3. The molecule has 2 heterocycles. The predicted molar refractivity (Wildman–Crippen MR) is 241 cm³/mol. The second kappa shape index (κ2) is 20.7. The van der Waals surface area contributed by atoms with E-state index in [4.69, 9.17) is 9.73 Å². The standard InChI is InChI=1S/C47H55N5O6S2/c1-32(2)40(51-43(56)46(6)31-59-42(52-46)33-25-26-48-38(28-33)30-49-44(57)58-45(3,4)5)41(55)50-37(29-39(53)54)24-16-17-27-60-47(34-18-10-7-11-19-34,35-20-12-8-13-21-35)36-22-14-9-15-23-36/h7-16,18-26,28,32,37,40H,17,27,29-31H2,1-6H3,(H,49,57)(H,50,55)(H,51,56)(H,53,54)/t37?,40-,46-/m0/s1. The molecule has 0 bridgehead atoms. The Morgan fingerprint density at radius 2 is 1.48 bits per heavy atom. The molecule has 0 aliphatic carbocycles. The number of hydrogen-bond acceptors (Lipinski definition) is 9. The van der Waals surface area contributed by atoms with Crippen molar-refractivity contribution >= 4 is 52.4 Å². The molecule has 3 aromatic carbocycles. The fourth-order valence-corrected chi connectivity index (χ4v) is 9.36. The van der Waals surface area contributed by atoms with Crippen LogP contribution >= 0.6 is 23.5 Å². The number of aromatic nitrogens is 1. The number of nitrogens with zero attached hydrogens (tertiary/aromatic N) is 2. The van der Waals surface area contributed by atoms with Gasteiger partial charge in [-0.15, -0.1) is 23.5 Å². The van der Waals surface area contributed by atoms with Crippen LogP contribution in [0, 0.1) is 5.92 Å². The molecule has 0 spiro atoms. The topological polar surface area (TPSA) is 159 Å². The average molecular weight is 850 g/mol. The molecule has 4 aromatic rings. The Kier molecular flexibility index (Phi) is 15.8. The molecule has 5 rings (SSSR count). The maximum Gasteiger partial charge on any atom is 0.407 e. The second-order valence-electron chi connectivity index (χ2n) is 16.1. The van der Waals surface area contributed by atoms with E-state index in [1.54, 1.807) is 63.9 Å². The minimum atomic E-state index is -1.17. The molecule has 1 unspecified atom stereocenters. The number of hydrogen-bond donors (Lipinski definition) is 4. The number of allylic oxidation sites excluding steroid dienone is 1. The van der Waals surface area contributed by atoms with E-state index in [2.05, 4.69) is 93.7 Å². The number of thioether (sulfide) groups is 2. The fourth-order valence-electron chi connectivity index (χ4n) is 6.72. The summed E-state index contributed by atoms with van der Waals surface area (Å²) in [5.74, 6) is -1.20. The first-order valence-corrected chi connectivity index (χ1v) is 22.0. The molecule has 1 aliphatic rings. The molecule has 60 heavy (non-hydrogen) atoms. The number of ether oxygens (including phenoxy) is 1. The van der Waals surface area contributed by atoms with Crippen molar-refractivity contribution in [2.24, 2.45) is 10.9 Å². The van der Waals surface area contributed by atoms with Crippen molar-refractivity contribution in [3.63, 3.8) is 0 Å². The Labute approximate surface area is 361 Å². The summed E-state index contributed by atoms with van der Waals surface area (Å²) in [6.07, 6.45) is 5.01. The average Bonchev–Trinajstić information content (AvgIpc) is 3.63. The van der Waals surface area contributed by atoms with Crippen LogP contribution in [-0.2, 0) is 30.4 Å². The van der Waals surface area contributed by atoms with Crippen LogP contribution in [0.4, 0.5) is 4.79 Å². The van der Waals surface area contributed by atoms with Crippen LogP contribution in [0.25, 0.3) is 0 Å². The second-order valence-corrected chi connectivity index (χ2v) is 18.4. The van der Waals surface area contributed by atoms with Gasteiger partial charge in [0.2, 0.25) is 11.8 Å². The number of pyridine rings is 1. The largest absolute Gasteiger partial charge is 0.481 e. The first kappa shape index (κ1) is 45.7. The molecule has 3 amide bonds. The van der Waals surface area contributed by atoms with E-state index >= 15 is 0 Å². The van der Waals surface area contributed by atoms with Gasteiger partial charge in [0.05, 0.1) is 34.5 Å². The highest BCUT2D eigenvalue weighted by Gasteiger charge is 2.41. The molecule has 1 aliphatic heterocycles. The van der Waals surface area contributed by atoms with Crippen molar-refractivity contribution < 1.29 is 29.0 Å². The van der Waals surface area contributed by atoms with Gasteiger partial charge in [0.1, 0.15) is 17.2 Å². The van der Waals surface area contributed by atoms with Gasteiger partial charge in [-0.25, -0.2) is 4.79 Å². The number of rotatable bonds is 18. The molecular formula is C47H55N5O6S2. The number of aliphatic imine (C=N–C) groups is 1. The molecule has 4 N–H and O–H groups in total. The number of carbonyl (C=O) groups is 4. The van der Waals surface area contributed by atoms with Crippen LogP contribution in [0.15, 0.2) is 126 Å². The number of benzene rings is 3. The normalized spacial score (nSPS) is 16.5. The lowest BCUT2D eigenvalue weighted by atomic mass is 9.84. The predicted octanol–water partition coefficient (Wildman–Crippen LogP) is 8.13. The molecular weight excluding hydrogens is 795 g/mol. The van der Waals surface area contributed by atoms with Crippen molar-refractivity contribution in [1.29, 1.82) is 0 Å². The smallest absolute Gasteiger partial charge is 0.407 e. The summed E-state index contributed by atoms with van der Waals surface area (Å²) in [6.45, 7) is 10.9. The summed E-state index contributed by atoms with van der Waals surface area (Å²) in [5, 5.41) is 18.9. The highest BCUT2D eigenvalue weighted by Crippen LogP contribution is 2.48. The minimum Gasteiger partial charge on any atom is -0.481 e. The molecule has 316 valence electrons. The Hall–Kier alpha value is -5.40. The summed E-state index contributed by atoms with van der Waals surface area (Å²) in [7, 11) is 0. The highest BCUT2D eigenvalue weighted by atomic mass is 32.2. The number of carboxylic acids is 1. The van der Waals surface area contributed by atoms with Crippen LogP contribution in [0.3, 0.4) is 0 Å². The van der Waals surface area contributed by atoms with Crippen LogP contribution < -0.4 is 16.0 Å². The lowest BCUT2D eigenvalue weighted by molar-refractivity contribution is -0.138. The Balaban J connectivity index is 1.24. The summed E-state index contributed by atoms with van der Waals surface area (Å²) in [4.78, 5) is 60.9. The number of carboxylic acid groups (broad SMARTS) is 1. The third-order valence-electron chi connectivity index (χ3n) is 9.67. The number of amides is 3. The molecule has 0 saturated heterocycles. The molecule has 3 atom stereocenters. The van der Waals surface area contributed by atoms with Gasteiger partial charge in [0.15, 0.2) is 0 Å². The van der Waals surface area contributed by atoms with Gasteiger partial charge in [-0.2, -0.15) is 0 Å². The Morgan fingerprint density at radius 1 is 0.900 bits per heavy atom. The summed E-state index contributed by atoms with van der Waals surface area (Å²) < 4.78 is 4.82. The maximum atomic E-state index is 13.8. The van der Waals surface area contributed by atoms with Gasteiger partial charge < -0.3 is 25.8 Å². The summed E-state index contributed by atoms with van der Waals surface area (Å²) in [6, 6.07) is 33.1. The monoisotopic (exact) mass is 849 g/mol. The van der Waals surface area contributed by atoms with Crippen molar-refractivity contribution in [2.75, 3.05) is 11.5 Å². The first-order valence-electron chi connectivity index (χ1n) is 20.0. The van der Waals surface area contributed by atoms with Gasteiger partial charge in [-0.1, -0.05) is 117 Å². The number of nitrogens with one attached hydrogen (secondary N) is 3. The van der Waals surface area contributed by atoms with Gasteiger partial charge in [0.25, 0.3) is 0 Å². The zero-order chi connectivity index (χ0) is 43.3. The maximum absolute atomic E-state index is 13.8. The molecule has 0 radical (unpaired) electrons. The number of aliphatic carboxylic acids is 1. The van der Waals surface area contributed by atoms with E-state index in [0.717, 1.165) is 22.3 Å². The van der Waals surface area contributed by atoms with Crippen LogP contribution in [0.1, 0.15) is 82.3 Å². The van der Waals surface area contributed by atoms with E-state index in [1.807, 2.05) is 38.1 Å². The zero-order valence-electron chi connectivity index (χ0n) is 35.0. The Bertz CT molecular complexity index is 2050. The SMILES string of the molecule is CC(C)[C@H](NC(=O)[C@]1(C)CSC(c2ccnc(CNC(=O)OC(C)(C)C)c2)=N1)C(=O)NC(C=CCCSC(c1ccccc1)(c1ccccc1)c1ccccc1)CC(=O)O. The van der Waals surface area contributed by atoms with E-state index < -0.39 is 51.8 Å². The van der Waals surface area contributed by atoms with Gasteiger partial charge in [-0.3, -0.25) is 24.4 Å². The number of alkyl carbamates (subject to hydrolysis) is 1. The zero-order valence-corrected chi connectivity index (χ0v) is 36.6. The van der Waals surface area contributed by atoms with Gasteiger partial charge in [0, 0.05) is 17.5 Å². The quantitative estimate of drug-likeness (QED) is 0.0441. The Morgan fingerprint density at radius 3 is 2.02 bits per heavy atom. The van der Waals surface area contributed by atoms with E-state index in [-0.39, 0.29) is 18.9 Å². The highest BCUT2D eigenvalue weighted by molar-refractivity contribution is 8.14. The van der Waals surface area contributed by atoms with Gasteiger partial charge in [-0.05, 0) is 74.6 Å². The summed E-state index contributed by atoms with van der Waals surface area (Å²) in [5.41, 5.74) is 3.00. The molecule has 1 aromatic heterocycles. The molecule has 11 nitrogen and oxygen atoms in total. The number of carbonyl (C=O) groups excluding carboxylic acids is 3. The van der Waals surface area contributed by atoms with Crippen LogP contribution in [0.5, 0.6) is 0 Å². The van der Waals surface area contributed by atoms with Gasteiger partial charge >= 0.3 is 12.1 Å². The summed E-state index contributed by atoms with van der Waals surface area (Å²) >= 11 is 3.22. The molecule has 0 fully saturated rings. The molecule has 0 saturated carbocycles.